The summed E-state index contributed by atoms with van der Waals surface area (Å²) in [7, 11) is 0. The Morgan fingerprint density at radius 1 is 1.56 bits per heavy atom. The third kappa shape index (κ3) is 1.11. The van der Waals surface area contributed by atoms with Crippen molar-refractivity contribution in [3.05, 3.63) is 30.4 Å². The molecule has 0 fully saturated rings. The van der Waals surface area contributed by atoms with Crippen LogP contribution in [-0.2, 0) is 0 Å². The van der Waals surface area contributed by atoms with E-state index in [1.165, 1.54) is 6.07 Å². The Balaban J connectivity index is 2.15. The molecule has 0 atom stereocenters. The lowest BCUT2D eigenvalue weighted by Crippen LogP contribution is -2.18. The van der Waals surface area contributed by atoms with Crippen LogP contribution in [0.2, 0.25) is 0 Å². The first kappa shape index (κ1) is 8.72. The van der Waals surface area contributed by atoms with Crippen molar-refractivity contribution in [1.82, 2.24) is 15.2 Å². The monoisotopic (exact) mass is 219 g/mol. The SMILES string of the molecule is O=C(O)c1cc(-c2c[nH][n+]3cc[nH]c23)on1. The number of hydrogen-bond acceptors (Lipinski definition) is 3. The molecule has 3 aromatic rings. The highest BCUT2D eigenvalue weighted by Crippen LogP contribution is 2.21. The van der Waals surface area contributed by atoms with Gasteiger partial charge >= 0.3 is 11.6 Å². The molecule has 0 saturated carbocycles. The number of aromatic amines is 2. The number of carbonyl (C=O) groups is 1. The first-order valence-corrected chi connectivity index (χ1v) is 4.52. The number of nitrogens with one attached hydrogen (secondary N) is 2. The van der Waals surface area contributed by atoms with Gasteiger partial charge in [0.05, 0.1) is 6.20 Å². The highest BCUT2D eigenvalue weighted by molar-refractivity contribution is 5.87. The Morgan fingerprint density at radius 2 is 2.44 bits per heavy atom. The third-order valence-electron chi connectivity index (χ3n) is 2.28. The maximum absolute atomic E-state index is 10.7. The Kier molecular flexibility index (Phi) is 1.61. The van der Waals surface area contributed by atoms with Crippen LogP contribution in [0, 0.1) is 0 Å². The first-order valence-electron chi connectivity index (χ1n) is 4.52. The molecule has 0 unspecified atom stereocenters. The molecular weight excluding hydrogens is 212 g/mol. The number of hydrogen-bond donors (Lipinski definition) is 3. The van der Waals surface area contributed by atoms with Crippen LogP contribution >= 0.6 is 0 Å². The van der Waals surface area contributed by atoms with Crippen LogP contribution < -0.4 is 4.52 Å². The molecular formula is C9H7N4O3+. The average Bonchev–Trinajstić information content (AvgIpc) is 2.92. The Bertz CT molecular complexity index is 663. The Morgan fingerprint density at radius 3 is 3.19 bits per heavy atom. The second-order valence-electron chi connectivity index (χ2n) is 3.25. The van der Waals surface area contributed by atoms with Gasteiger partial charge in [-0.3, -0.25) is 0 Å². The molecule has 3 rings (SSSR count). The molecule has 3 heterocycles. The van der Waals surface area contributed by atoms with E-state index in [2.05, 4.69) is 15.2 Å². The summed E-state index contributed by atoms with van der Waals surface area (Å²) in [5.74, 6) is -0.709. The van der Waals surface area contributed by atoms with Crippen molar-refractivity contribution in [2.24, 2.45) is 0 Å². The summed E-state index contributed by atoms with van der Waals surface area (Å²) in [5.41, 5.74) is 1.40. The number of rotatable bonds is 2. The minimum atomic E-state index is -1.11. The summed E-state index contributed by atoms with van der Waals surface area (Å²) in [6, 6.07) is 1.38. The van der Waals surface area contributed by atoms with Crippen LogP contribution in [0.4, 0.5) is 0 Å². The van der Waals surface area contributed by atoms with Gasteiger partial charge in [-0.15, -0.1) is 4.52 Å². The number of nitrogens with zero attached hydrogens (tertiary/aromatic N) is 2. The van der Waals surface area contributed by atoms with E-state index in [1.807, 2.05) is 0 Å². The van der Waals surface area contributed by atoms with E-state index >= 15 is 0 Å². The number of imidazole rings is 1. The number of carboxylic acids is 1. The number of carboxylic acid groups (broad SMARTS) is 1. The minimum Gasteiger partial charge on any atom is -0.476 e. The van der Waals surface area contributed by atoms with Crippen molar-refractivity contribution in [3.8, 4) is 11.3 Å². The van der Waals surface area contributed by atoms with Gasteiger partial charge in [0.25, 0.3) is 0 Å². The summed E-state index contributed by atoms with van der Waals surface area (Å²) >= 11 is 0. The molecule has 0 aliphatic rings. The standard InChI is InChI=1S/C9H6N4O3/c14-9(15)6-3-7(16-12-6)5-4-11-13-2-1-10-8(5)13/h1-4H,(H2,10,11,12,14,15)/p+1. The lowest BCUT2D eigenvalue weighted by atomic mass is 10.2. The molecule has 0 amide bonds. The topological polar surface area (TPSA) is 99.0 Å². The van der Waals surface area contributed by atoms with Crippen molar-refractivity contribution in [3.63, 3.8) is 0 Å². The minimum absolute atomic E-state index is 0.110. The summed E-state index contributed by atoms with van der Waals surface area (Å²) in [4.78, 5) is 13.7. The van der Waals surface area contributed by atoms with Crippen LogP contribution in [0.1, 0.15) is 10.5 Å². The van der Waals surface area contributed by atoms with Gasteiger partial charge in [0, 0.05) is 6.07 Å². The summed E-state index contributed by atoms with van der Waals surface area (Å²) in [6.45, 7) is 0. The van der Waals surface area contributed by atoms with E-state index < -0.39 is 5.97 Å². The second-order valence-corrected chi connectivity index (χ2v) is 3.25. The first-order chi connectivity index (χ1) is 7.75. The third-order valence-corrected chi connectivity index (χ3v) is 2.28. The largest absolute Gasteiger partial charge is 0.476 e. The van der Waals surface area contributed by atoms with Gasteiger partial charge in [0.15, 0.2) is 17.7 Å². The number of H-pyrrole nitrogens is 2. The summed E-state index contributed by atoms with van der Waals surface area (Å²) < 4.78 is 6.71. The average molecular weight is 219 g/mol. The fraction of sp³-hybridized carbons (Fsp3) is 0. The summed E-state index contributed by atoms with van der Waals surface area (Å²) in [5, 5.41) is 15.1. The molecule has 0 radical (unpaired) electrons. The van der Waals surface area contributed by atoms with Gasteiger partial charge in [-0.1, -0.05) is 5.16 Å². The maximum atomic E-state index is 10.7. The zero-order valence-electron chi connectivity index (χ0n) is 7.97. The number of aromatic nitrogens is 4. The van der Waals surface area contributed by atoms with Crippen molar-refractivity contribution >= 4 is 11.6 Å². The molecule has 0 bridgehead atoms. The second kappa shape index (κ2) is 2.96. The molecule has 7 nitrogen and oxygen atoms in total. The maximum Gasteiger partial charge on any atom is 0.358 e. The molecule has 0 aliphatic heterocycles. The fourth-order valence-electron chi connectivity index (χ4n) is 1.54. The zero-order valence-corrected chi connectivity index (χ0v) is 7.97. The predicted molar refractivity (Wildman–Crippen MR) is 50.8 cm³/mol. The number of aromatic carboxylic acids is 1. The van der Waals surface area contributed by atoms with Crippen LogP contribution in [0.5, 0.6) is 0 Å². The molecule has 7 heteroatoms. The van der Waals surface area contributed by atoms with E-state index in [0.717, 1.165) is 11.2 Å². The van der Waals surface area contributed by atoms with Crippen LogP contribution in [0.25, 0.3) is 17.0 Å². The highest BCUT2D eigenvalue weighted by Gasteiger charge is 2.19. The van der Waals surface area contributed by atoms with E-state index in [9.17, 15) is 4.79 Å². The molecule has 0 aromatic carbocycles. The Labute approximate surface area is 88.3 Å². The highest BCUT2D eigenvalue weighted by atomic mass is 16.5. The van der Waals surface area contributed by atoms with Gasteiger partial charge in [-0.05, 0) is 0 Å². The van der Waals surface area contributed by atoms with Crippen LogP contribution in [0.15, 0.2) is 29.2 Å². The predicted octanol–water partition coefficient (Wildman–Crippen LogP) is 0.435. The molecule has 0 spiro atoms. The van der Waals surface area contributed by atoms with Crippen LogP contribution in [-0.4, -0.2) is 26.3 Å². The fourth-order valence-corrected chi connectivity index (χ4v) is 1.54. The van der Waals surface area contributed by atoms with Crippen molar-refractivity contribution in [1.29, 1.82) is 0 Å². The van der Waals surface area contributed by atoms with E-state index in [-0.39, 0.29) is 5.69 Å². The van der Waals surface area contributed by atoms with Gasteiger partial charge in [0.2, 0.25) is 0 Å². The Hall–Kier alpha value is -2.57. The van der Waals surface area contributed by atoms with E-state index in [0.29, 0.717) is 5.76 Å². The van der Waals surface area contributed by atoms with E-state index in [1.54, 1.807) is 23.1 Å². The normalized spacial score (nSPS) is 11.0. The zero-order chi connectivity index (χ0) is 11.1. The molecule has 3 aromatic heterocycles. The van der Waals surface area contributed by atoms with E-state index in [4.69, 9.17) is 9.63 Å². The molecule has 3 N–H and O–H groups in total. The molecule has 80 valence electrons. The smallest absolute Gasteiger partial charge is 0.358 e. The molecule has 0 aliphatic carbocycles. The van der Waals surface area contributed by atoms with Gasteiger partial charge < -0.3 is 9.63 Å². The molecule has 16 heavy (non-hydrogen) atoms. The summed E-state index contributed by atoms with van der Waals surface area (Å²) in [6.07, 6.45) is 5.26. The van der Waals surface area contributed by atoms with Gasteiger partial charge in [-0.2, -0.15) is 0 Å². The van der Waals surface area contributed by atoms with Crippen molar-refractivity contribution < 1.29 is 18.9 Å². The quantitative estimate of drug-likeness (QED) is 0.544. The van der Waals surface area contributed by atoms with Crippen molar-refractivity contribution in [2.75, 3.05) is 0 Å². The lowest BCUT2D eigenvalue weighted by Gasteiger charge is -1.81. The van der Waals surface area contributed by atoms with Gasteiger partial charge in [0.1, 0.15) is 11.8 Å². The lowest BCUT2D eigenvalue weighted by molar-refractivity contribution is -0.574. The molecule has 0 saturated heterocycles. The van der Waals surface area contributed by atoms with Crippen molar-refractivity contribution in [2.45, 2.75) is 0 Å². The number of fused-ring (bicyclic) bond motifs is 1. The van der Waals surface area contributed by atoms with Gasteiger partial charge in [-0.25, -0.2) is 14.9 Å². The van der Waals surface area contributed by atoms with Crippen LogP contribution in [0.3, 0.4) is 0 Å².